The van der Waals surface area contributed by atoms with E-state index in [1.807, 2.05) is 30.3 Å². The zero-order valence-corrected chi connectivity index (χ0v) is 23.5. The highest BCUT2D eigenvalue weighted by Crippen LogP contribution is 2.42. The van der Waals surface area contributed by atoms with Crippen molar-refractivity contribution >= 4 is 20.9 Å². The summed E-state index contributed by atoms with van der Waals surface area (Å²) in [5.41, 5.74) is -4.65. The van der Waals surface area contributed by atoms with E-state index in [1.54, 1.807) is 42.5 Å². The second kappa shape index (κ2) is 12.9. The summed E-state index contributed by atoms with van der Waals surface area (Å²) >= 11 is 0. The Bertz CT molecular complexity index is 1590. The van der Waals surface area contributed by atoms with Crippen molar-refractivity contribution < 1.29 is 40.0 Å². The molecule has 0 atom stereocenters. The maximum absolute atomic E-state index is 13.1. The summed E-state index contributed by atoms with van der Waals surface area (Å²) in [4.78, 5) is 2.36. The molecule has 42 heavy (non-hydrogen) atoms. The van der Waals surface area contributed by atoms with Gasteiger partial charge < -0.3 is 18.4 Å². The van der Waals surface area contributed by atoms with Crippen molar-refractivity contribution in [3.8, 4) is 28.7 Å². The average molecular weight is 602 g/mol. The van der Waals surface area contributed by atoms with Crippen LogP contribution in [-0.2, 0) is 16.7 Å². The van der Waals surface area contributed by atoms with Gasteiger partial charge in [-0.25, -0.2) is 0 Å². The highest BCUT2D eigenvalue weighted by atomic mass is 32.2. The summed E-state index contributed by atoms with van der Waals surface area (Å²) in [7, 11) is -5.94. The van der Waals surface area contributed by atoms with E-state index in [0.717, 1.165) is 31.3 Å². The number of ether oxygens (including phenoxy) is 3. The predicted molar refractivity (Wildman–Crippen MR) is 153 cm³/mol. The Balaban J connectivity index is 1.36. The summed E-state index contributed by atoms with van der Waals surface area (Å²) < 4.78 is 85.3. The number of rotatable bonds is 11. The molecule has 222 valence electrons. The SMILES string of the molecule is O=S(=O)(Oc1ccc2cc(OCc3ccccc3)ccc2c1Oc1ccc(OCCN2CCCCC2)cc1)C(F)(F)F. The first kappa shape index (κ1) is 29.5. The number of hydrogen-bond donors (Lipinski definition) is 0. The largest absolute Gasteiger partial charge is 0.534 e. The molecule has 0 aliphatic carbocycles. The second-order valence-corrected chi connectivity index (χ2v) is 11.4. The molecule has 1 fully saturated rings. The topological polar surface area (TPSA) is 74.3 Å². The van der Waals surface area contributed by atoms with Crippen LogP contribution in [-0.4, -0.2) is 45.1 Å². The summed E-state index contributed by atoms with van der Waals surface area (Å²) in [6.07, 6.45) is 3.64. The lowest BCUT2D eigenvalue weighted by atomic mass is 10.1. The Morgan fingerprint density at radius 1 is 0.762 bits per heavy atom. The standard InChI is InChI=1S/C31H30F3NO6S/c32-31(33,34)42(36,37)41-29-16-9-24-21-27(39-22-23-7-3-1-4-8-23)14-15-28(24)30(29)40-26-12-10-25(11-13-26)38-20-19-35-17-5-2-6-18-35/h1,3-4,7-16,21H,2,5-6,17-20,22H2. The number of benzene rings is 4. The van der Waals surface area contributed by atoms with Gasteiger partial charge in [0.1, 0.15) is 30.5 Å². The van der Waals surface area contributed by atoms with E-state index in [9.17, 15) is 21.6 Å². The number of alkyl halides is 3. The Morgan fingerprint density at radius 2 is 1.45 bits per heavy atom. The average Bonchev–Trinajstić information content (AvgIpc) is 2.98. The molecule has 1 aliphatic rings. The summed E-state index contributed by atoms with van der Waals surface area (Å²) in [6, 6.07) is 23.5. The lowest BCUT2D eigenvalue weighted by Crippen LogP contribution is -2.33. The molecule has 11 heteroatoms. The van der Waals surface area contributed by atoms with Crippen LogP contribution in [0.2, 0.25) is 0 Å². The first-order valence-corrected chi connectivity index (χ1v) is 15.0. The Kier molecular flexibility index (Phi) is 9.08. The third-order valence-electron chi connectivity index (χ3n) is 6.81. The van der Waals surface area contributed by atoms with Gasteiger partial charge in [-0.05, 0) is 85.4 Å². The molecule has 0 N–H and O–H groups in total. The lowest BCUT2D eigenvalue weighted by molar-refractivity contribution is -0.0500. The predicted octanol–water partition coefficient (Wildman–Crippen LogP) is 7.30. The molecule has 0 bridgehead atoms. The second-order valence-electron chi connectivity index (χ2n) is 9.86. The van der Waals surface area contributed by atoms with E-state index in [0.29, 0.717) is 35.5 Å². The molecule has 1 saturated heterocycles. The summed E-state index contributed by atoms with van der Waals surface area (Å²) in [5.74, 6) is 0.589. The van der Waals surface area contributed by atoms with Crippen molar-refractivity contribution in [3.05, 3.63) is 90.5 Å². The molecule has 0 saturated carbocycles. The molecule has 0 amide bonds. The molecule has 4 aromatic rings. The fraction of sp³-hybridized carbons (Fsp3) is 0.290. The van der Waals surface area contributed by atoms with Gasteiger partial charge in [0.2, 0.25) is 0 Å². The van der Waals surface area contributed by atoms with Gasteiger partial charge in [-0.2, -0.15) is 21.6 Å². The smallest absolute Gasteiger partial charge is 0.492 e. The van der Waals surface area contributed by atoms with E-state index < -0.39 is 21.4 Å². The zero-order valence-electron chi connectivity index (χ0n) is 22.7. The van der Waals surface area contributed by atoms with Crippen molar-refractivity contribution in [1.82, 2.24) is 4.90 Å². The van der Waals surface area contributed by atoms with Gasteiger partial charge in [0.15, 0.2) is 11.5 Å². The highest BCUT2D eigenvalue weighted by Gasteiger charge is 2.49. The minimum absolute atomic E-state index is 0.186. The van der Waals surface area contributed by atoms with Crippen LogP contribution in [0.5, 0.6) is 28.7 Å². The van der Waals surface area contributed by atoms with E-state index in [-0.39, 0.29) is 11.5 Å². The molecular formula is C31H30F3NO6S. The summed E-state index contributed by atoms with van der Waals surface area (Å²) in [6.45, 7) is 3.78. The van der Waals surface area contributed by atoms with Crippen molar-refractivity contribution in [1.29, 1.82) is 0 Å². The molecule has 1 heterocycles. The Labute approximate surface area is 242 Å². The third-order valence-corrected chi connectivity index (χ3v) is 7.77. The third kappa shape index (κ3) is 7.46. The van der Waals surface area contributed by atoms with Crippen molar-refractivity contribution in [2.75, 3.05) is 26.2 Å². The zero-order chi connectivity index (χ0) is 29.6. The molecule has 5 rings (SSSR count). The van der Waals surface area contributed by atoms with Gasteiger partial charge in [0.25, 0.3) is 0 Å². The number of likely N-dealkylation sites (tertiary alicyclic amines) is 1. The monoisotopic (exact) mass is 601 g/mol. The number of fused-ring (bicyclic) bond motifs is 1. The van der Waals surface area contributed by atoms with Gasteiger partial charge in [-0.3, -0.25) is 4.90 Å². The van der Waals surface area contributed by atoms with Crippen LogP contribution in [0, 0.1) is 0 Å². The van der Waals surface area contributed by atoms with Gasteiger partial charge >= 0.3 is 15.6 Å². The Hall–Kier alpha value is -3.96. The molecule has 0 aromatic heterocycles. The van der Waals surface area contributed by atoms with E-state index in [4.69, 9.17) is 14.2 Å². The lowest BCUT2D eigenvalue weighted by Gasteiger charge is -2.26. The van der Waals surface area contributed by atoms with Crippen LogP contribution in [0.25, 0.3) is 10.8 Å². The number of halogens is 3. The molecule has 4 aromatic carbocycles. The number of hydrogen-bond acceptors (Lipinski definition) is 7. The van der Waals surface area contributed by atoms with Crippen LogP contribution in [0.4, 0.5) is 13.2 Å². The normalized spacial score (nSPS) is 14.5. The van der Waals surface area contributed by atoms with Crippen LogP contribution in [0.1, 0.15) is 24.8 Å². The fourth-order valence-electron chi connectivity index (χ4n) is 4.62. The Morgan fingerprint density at radius 3 is 2.17 bits per heavy atom. The molecule has 1 aliphatic heterocycles. The van der Waals surface area contributed by atoms with Crippen LogP contribution < -0.4 is 18.4 Å². The molecule has 0 radical (unpaired) electrons. The minimum atomic E-state index is -5.94. The summed E-state index contributed by atoms with van der Waals surface area (Å²) in [5, 5.41) is 0.878. The fourth-order valence-corrected chi connectivity index (χ4v) is 5.09. The molecule has 0 unspecified atom stereocenters. The maximum Gasteiger partial charge on any atom is 0.534 e. The first-order valence-electron chi connectivity index (χ1n) is 13.6. The van der Waals surface area contributed by atoms with Crippen molar-refractivity contribution in [2.45, 2.75) is 31.4 Å². The van der Waals surface area contributed by atoms with Crippen LogP contribution in [0.3, 0.4) is 0 Å². The minimum Gasteiger partial charge on any atom is -0.492 e. The quantitative estimate of drug-likeness (QED) is 0.132. The molecular weight excluding hydrogens is 571 g/mol. The van der Waals surface area contributed by atoms with Gasteiger partial charge in [-0.15, -0.1) is 0 Å². The van der Waals surface area contributed by atoms with Crippen molar-refractivity contribution in [3.63, 3.8) is 0 Å². The highest BCUT2D eigenvalue weighted by molar-refractivity contribution is 7.88. The van der Waals surface area contributed by atoms with Crippen molar-refractivity contribution in [2.24, 2.45) is 0 Å². The van der Waals surface area contributed by atoms with E-state index in [1.165, 1.54) is 25.3 Å². The van der Waals surface area contributed by atoms with Crippen LogP contribution in [0.15, 0.2) is 84.9 Å². The van der Waals surface area contributed by atoms with Gasteiger partial charge in [0.05, 0.1) is 0 Å². The number of nitrogens with zero attached hydrogens (tertiary/aromatic N) is 1. The van der Waals surface area contributed by atoms with E-state index >= 15 is 0 Å². The number of piperidine rings is 1. The van der Waals surface area contributed by atoms with Crippen LogP contribution >= 0.6 is 0 Å². The molecule has 0 spiro atoms. The maximum atomic E-state index is 13.1. The molecule has 7 nitrogen and oxygen atoms in total. The van der Waals surface area contributed by atoms with E-state index in [2.05, 4.69) is 9.08 Å². The van der Waals surface area contributed by atoms with Gasteiger partial charge in [0, 0.05) is 11.9 Å². The first-order chi connectivity index (χ1) is 20.2. The van der Waals surface area contributed by atoms with Gasteiger partial charge in [-0.1, -0.05) is 42.8 Å².